The number of piperidine rings is 2. The van der Waals surface area contributed by atoms with Crippen LogP contribution in [0.1, 0.15) is 38.5 Å². The number of para-hydroxylation sites is 2. The quantitative estimate of drug-likeness (QED) is 0.816. The van der Waals surface area contributed by atoms with Gasteiger partial charge in [-0.1, -0.05) is 12.1 Å². The second-order valence-corrected chi connectivity index (χ2v) is 8.53. The average Bonchev–Trinajstić information content (AvgIpc) is 3.43. The van der Waals surface area contributed by atoms with E-state index in [9.17, 15) is 4.79 Å². The number of hydrogen-bond donors (Lipinski definition) is 0. The van der Waals surface area contributed by atoms with Gasteiger partial charge in [-0.2, -0.15) is 4.98 Å². The van der Waals surface area contributed by atoms with Crippen LogP contribution in [0.15, 0.2) is 28.7 Å². The lowest BCUT2D eigenvalue weighted by atomic mass is 9.92. The number of hydrogen-bond acceptors (Lipinski definition) is 5. The monoisotopic (exact) mass is 382 g/mol. The molecule has 6 nitrogen and oxygen atoms in total. The van der Waals surface area contributed by atoms with Crippen molar-refractivity contribution in [3.63, 3.8) is 0 Å². The fourth-order valence-electron chi connectivity index (χ4n) is 5.12. The van der Waals surface area contributed by atoms with Crippen molar-refractivity contribution in [3.8, 4) is 0 Å². The van der Waals surface area contributed by atoms with Crippen LogP contribution >= 0.6 is 0 Å². The lowest BCUT2D eigenvalue weighted by Crippen LogP contribution is -2.49. The van der Waals surface area contributed by atoms with E-state index in [2.05, 4.69) is 19.7 Å². The molecule has 0 radical (unpaired) electrons. The predicted octanol–water partition coefficient (Wildman–Crippen LogP) is 3.13. The van der Waals surface area contributed by atoms with Gasteiger partial charge in [0.05, 0.1) is 0 Å². The zero-order valence-corrected chi connectivity index (χ0v) is 16.6. The Kier molecular flexibility index (Phi) is 4.97. The Hall–Kier alpha value is -2.08. The highest BCUT2D eigenvalue weighted by Crippen LogP contribution is 2.29. The van der Waals surface area contributed by atoms with Crippen LogP contribution in [0, 0.1) is 5.92 Å². The summed E-state index contributed by atoms with van der Waals surface area (Å²) in [6, 6.07) is 9.35. The normalized spacial score (nSPS) is 23.0. The van der Waals surface area contributed by atoms with E-state index in [0.717, 1.165) is 82.1 Å². The Morgan fingerprint density at radius 1 is 0.929 bits per heavy atom. The molecule has 5 rings (SSSR count). The van der Waals surface area contributed by atoms with Gasteiger partial charge in [0, 0.05) is 38.1 Å². The van der Waals surface area contributed by atoms with E-state index in [1.165, 1.54) is 12.8 Å². The van der Waals surface area contributed by atoms with Gasteiger partial charge in [-0.25, -0.2) is 0 Å². The number of oxazole rings is 1. The van der Waals surface area contributed by atoms with E-state index < -0.39 is 0 Å². The molecule has 0 saturated carbocycles. The Labute approximate surface area is 166 Å². The average molecular weight is 383 g/mol. The summed E-state index contributed by atoms with van der Waals surface area (Å²) < 4.78 is 5.94. The van der Waals surface area contributed by atoms with Gasteiger partial charge in [0.15, 0.2) is 5.58 Å². The topological polar surface area (TPSA) is 52.8 Å². The van der Waals surface area contributed by atoms with Crippen molar-refractivity contribution in [2.45, 2.75) is 44.6 Å². The fraction of sp³-hybridized carbons (Fsp3) is 0.636. The van der Waals surface area contributed by atoms with Crippen molar-refractivity contribution in [2.24, 2.45) is 5.92 Å². The molecule has 1 aromatic carbocycles. The number of carbonyl (C=O) groups excluding carboxylic acids is 1. The van der Waals surface area contributed by atoms with Gasteiger partial charge in [-0.05, 0) is 63.7 Å². The van der Waals surface area contributed by atoms with Crippen LogP contribution in [0.3, 0.4) is 0 Å². The Morgan fingerprint density at radius 3 is 2.36 bits per heavy atom. The molecule has 3 aliphatic heterocycles. The van der Waals surface area contributed by atoms with Crippen molar-refractivity contribution in [3.05, 3.63) is 24.3 Å². The number of likely N-dealkylation sites (tertiary alicyclic amines) is 2. The van der Waals surface area contributed by atoms with Gasteiger partial charge in [0.2, 0.25) is 5.91 Å². The minimum absolute atomic E-state index is 0.259. The molecule has 3 aliphatic rings. The molecule has 3 fully saturated rings. The fourth-order valence-corrected chi connectivity index (χ4v) is 5.12. The van der Waals surface area contributed by atoms with Crippen molar-refractivity contribution >= 4 is 23.0 Å². The number of amides is 1. The molecule has 3 saturated heterocycles. The summed E-state index contributed by atoms with van der Waals surface area (Å²) in [4.78, 5) is 24.3. The van der Waals surface area contributed by atoms with E-state index in [4.69, 9.17) is 4.42 Å². The molecule has 0 unspecified atom stereocenters. The molecule has 6 heteroatoms. The summed E-state index contributed by atoms with van der Waals surface area (Å²) in [5.41, 5.74) is 1.80. The molecule has 2 aromatic rings. The number of anilines is 1. The van der Waals surface area contributed by atoms with E-state index in [-0.39, 0.29) is 5.92 Å². The minimum Gasteiger partial charge on any atom is -0.423 e. The highest BCUT2D eigenvalue weighted by molar-refractivity contribution is 5.79. The molecular formula is C22H30N4O2. The van der Waals surface area contributed by atoms with Gasteiger partial charge >= 0.3 is 0 Å². The molecule has 1 amide bonds. The summed E-state index contributed by atoms with van der Waals surface area (Å²) in [5, 5.41) is 0. The van der Waals surface area contributed by atoms with E-state index in [1.807, 2.05) is 24.3 Å². The van der Waals surface area contributed by atoms with Crippen LogP contribution in [0.2, 0.25) is 0 Å². The molecule has 4 heterocycles. The van der Waals surface area contributed by atoms with Gasteiger partial charge in [0.1, 0.15) is 5.52 Å². The molecule has 0 aliphatic carbocycles. The zero-order valence-electron chi connectivity index (χ0n) is 16.6. The summed E-state index contributed by atoms with van der Waals surface area (Å²) >= 11 is 0. The van der Waals surface area contributed by atoms with Crippen molar-refractivity contribution < 1.29 is 9.21 Å². The maximum Gasteiger partial charge on any atom is 0.298 e. The number of aromatic nitrogens is 1. The third-order valence-electron chi connectivity index (χ3n) is 6.83. The highest BCUT2D eigenvalue weighted by atomic mass is 16.4. The van der Waals surface area contributed by atoms with Crippen LogP contribution < -0.4 is 4.90 Å². The SMILES string of the molecule is O=C(C1CCN(C2CCN(c3nc4ccccc4o3)CC2)CC1)N1CCCC1. The molecular weight excluding hydrogens is 352 g/mol. The third-order valence-corrected chi connectivity index (χ3v) is 6.83. The number of nitrogens with zero attached hydrogens (tertiary/aromatic N) is 4. The van der Waals surface area contributed by atoms with Crippen LogP contribution in [0.5, 0.6) is 0 Å². The third kappa shape index (κ3) is 3.50. The minimum atomic E-state index is 0.259. The maximum atomic E-state index is 12.6. The predicted molar refractivity (Wildman–Crippen MR) is 109 cm³/mol. The summed E-state index contributed by atoms with van der Waals surface area (Å²) in [6.07, 6.45) is 6.71. The molecule has 0 bridgehead atoms. The zero-order chi connectivity index (χ0) is 18.9. The lowest BCUT2D eigenvalue weighted by molar-refractivity contribution is -0.136. The van der Waals surface area contributed by atoms with E-state index >= 15 is 0 Å². The van der Waals surface area contributed by atoms with Gasteiger partial charge < -0.3 is 19.1 Å². The van der Waals surface area contributed by atoms with Gasteiger partial charge in [-0.3, -0.25) is 4.79 Å². The Morgan fingerprint density at radius 2 is 1.64 bits per heavy atom. The summed E-state index contributed by atoms with van der Waals surface area (Å²) in [5.74, 6) is 0.678. The second-order valence-electron chi connectivity index (χ2n) is 8.53. The van der Waals surface area contributed by atoms with Gasteiger partial charge in [0.25, 0.3) is 6.01 Å². The van der Waals surface area contributed by atoms with E-state index in [0.29, 0.717) is 11.9 Å². The number of benzene rings is 1. The van der Waals surface area contributed by atoms with E-state index in [1.54, 1.807) is 0 Å². The summed E-state index contributed by atoms with van der Waals surface area (Å²) in [7, 11) is 0. The smallest absolute Gasteiger partial charge is 0.298 e. The number of rotatable bonds is 3. The van der Waals surface area contributed by atoms with Gasteiger partial charge in [-0.15, -0.1) is 0 Å². The molecule has 0 atom stereocenters. The molecule has 1 aromatic heterocycles. The van der Waals surface area contributed by atoms with Crippen LogP contribution in [-0.4, -0.2) is 66.0 Å². The second kappa shape index (κ2) is 7.74. The standard InChI is InChI=1S/C22H30N4O2/c27-21(25-11-3-4-12-25)17-7-13-24(14-8-17)18-9-15-26(16-10-18)22-23-19-5-1-2-6-20(19)28-22/h1-2,5-6,17-18H,3-4,7-16H2. The first-order valence-electron chi connectivity index (χ1n) is 10.9. The molecule has 150 valence electrons. The first-order valence-corrected chi connectivity index (χ1v) is 10.9. The largest absolute Gasteiger partial charge is 0.423 e. The first-order chi connectivity index (χ1) is 13.8. The van der Waals surface area contributed by atoms with Crippen molar-refractivity contribution in [1.29, 1.82) is 0 Å². The van der Waals surface area contributed by atoms with Crippen LogP contribution in [0.4, 0.5) is 6.01 Å². The number of fused-ring (bicyclic) bond motifs is 1. The highest BCUT2D eigenvalue weighted by Gasteiger charge is 2.33. The lowest BCUT2D eigenvalue weighted by Gasteiger charge is -2.41. The Bertz CT molecular complexity index is 780. The number of carbonyl (C=O) groups is 1. The van der Waals surface area contributed by atoms with Crippen molar-refractivity contribution in [1.82, 2.24) is 14.8 Å². The van der Waals surface area contributed by atoms with Crippen LogP contribution in [0.25, 0.3) is 11.1 Å². The maximum absolute atomic E-state index is 12.6. The first kappa shape index (κ1) is 18.0. The van der Waals surface area contributed by atoms with Crippen LogP contribution in [-0.2, 0) is 4.79 Å². The molecule has 0 N–H and O–H groups in total. The Balaban J connectivity index is 1.13. The summed E-state index contributed by atoms with van der Waals surface area (Å²) in [6.45, 7) is 6.07. The molecule has 0 spiro atoms. The van der Waals surface area contributed by atoms with Crippen molar-refractivity contribution in [2.75, 3.05) is 44.2 Å². The molecule has 28 heavy (non-hydrogen) atoms.